The smallest absolute Gasteiger partial charge is 0.0110 e. The second-order valence-electron chi connectivity index (χ2n) is 5.03. The third-order valence-corrected chi connectivity index (χ3v) is 3.65. The lowest BCUT2D eigenvalue weighted by atomic mass is 10.0. The van der Waals surface area contributed by atoms with E-state index in [1.165, 1.54) is 58.3 Å². The Morgan fingerprint density at radius 2 is 2.07 bits per heavy atom. The summed E-state index contributed by atoms with van der Waals surface area (Å²) in [6, 6.07) is 0.825. The van der Waals surface area contributed by atoms with Crippen LogP contribution in [0.25, 0.3) is 0 Å². The van der Waals surface area contributed by atoms with Gasteiger partial charge < -0.3 is 5.32 Å². The Balaban J connectivity index is 1.53. The maximum atomic E-state index is 3.57. The number of rotatable bonds is 5. The molecule has 2 rings (SSSR count). The van der Waals surface area contributed by atoms with Crippen LogP contribution >= 0.6 is 0 Å². The lowest BCUT2D eigenvalue weighted by Gasteiger charge is -2.33. The first kappa shape index (κ1) is 10.4. The Bertz CT molecular complexity index is 166. The van der Waals surface area contributed by atoms with Gasteiger partial charge >= 0.3 is 0 Å². The highest BCUT2D eigenvalue weighted by molar-refractivity contribution is 4.77. The topological polar surface area (TPSA) is 15.3 Å². The van der Waals surface area contributed by atoms with Gasteiger partial charge in [-0.2, -0.15) is 0 Å². The van der Waals surface area contributed by atoms with Gasteiger partial charge in [0.25, 0.3) is 0 Å². The van der Waals surface area contributed by atoms with Gasteiger partial charge in [-0.25, -0.2) is 0 Å². The zero-order valence-electron chi connectivity index (χ0n) is 9.47. The molecule has 0 aromatic heterocycles. The van der Waals surface area contributed by atoms with Crippen LogP contribution in [-0.2, 0) is 0 Å². The van der Waals surface area contributed by atoms with Crippen molar-refractivity contribution in [2.24, 2.45) is 5.92 Å². The minimum absolute atomic E-state index is 0.825. The van der Waals surface area contributed by atoms with Crippen LogP contribution in [0.1, 0.15) is 39.0 Å². The molecule has 0 bridgehead atoms. The summed E-state index contributed by atoms with van der Waals surface area (Å²) in [6.07, 6.45) is 7.18. The zero-order chi connectivity index (χ0) is 9.80. The largest absolute Gasteiger partial charge is 0.315 e. The highest BCUT2D eigenvalue weighted by Gasteiger charge is 2.21. The van der Waals surface area contributed by atoms with Crippen molar-refractivity contribution in [2.75, 3.05) is 26.2 Å². The summed E-state index contributed by atoms with van der Waals surface area (Å²) < 4.78 is 0. The molecule has 0 spiro atoms. The molecule has 1 heterocycles. The SMILES string of the molecule is CC1CCCCN1CCNCC1CC1. The van der Waals surface area contributed by atoms with Crippen molar-refractivity contribution in [3.63, 3.8) is 0 Å². The Labute approximate surface area is 88.1 Å². The molecule has 2 nitrogen and oxygen atoms in total. The van der Waals surface area contributed by atoms with Crippen LogP contribution in [0.15, 0.2) is 0 Å². The van der Waals surface area contributed by atoms with Crippen molar-refractivity contribution >= 4 is 0 Å². The van der Waals surface area contributed by atoms with Crippen LogP contribution in [-0.4, -0.2) is 37.1 Å². The molecule has 1 atom stereocenters. The van der Waals surface area contributed by atoms with E-state index in [0.29, 0.717) is 0 Å². The van der Waals surface area contributed by atoms with Crippen LogP contribution in [0.4, 0.5) is 0 Å². The molecule has 82 valence electrons. The first-order valence-electron chi connectivity index (χ1n) is 6.31. The van der Waals surface area contributed by atoms with Crippen molar-refractivity contribution in [2.45, 2.75) is 45.1 Å². The van der Waals surface area contributed by atoms with E-state index < -0.39 is 0 Å². The summed E-state index contributed by atoms with van der Waals surface area (Å²) in [6.45, 7) is 7.42. The summed E-state index contributed by atoms with van der Waals surface area (Å²) in [7, 11) is 0. The van der Waals surface area contributed by atoms with E-state index in [0.717, 1.165) is 12.0 Å². The maximum Gasteiger partial charge on any atom is 0.0110 e. The van der Waals surface area contributed by atoms with Gasteiger partial charge in [-0.1, -0.05) is 6.42 Å². The molecule has 2 aliphatic rings. The van der Waals surface area contributed by atoms with Crippen LogP contribution in [0.5, 0.6) is 0 Å². The monoisotopic (exact) mass is 196 g/mol. The van der Waals surface area contributed by atoms with Crippen molar-refractivity contribution in [1.82, 2.24) is 10.2 Å². The fraction of sp³-hybridized carbons (Fsp3) is 1.00. The predicted molar refractivity (Wildman–Crippen MR) is 60.5 cm³/mol. The summed E-state index contributed by atoms with van der Waals surface area (Å²) >= 11 is 0. The summed E-state index contributed by atoms with van der Waals surface area (Å²) in [4.78, 5) is 2.64. The van der Waals surface area contributed by atoms with Crippen molar-refractivity contribution in [1.29, 1.82) is 0 Å². The summed E-state index contributed by atoms with van der Waals surface area (Å²) in [5, 5.41) is 3.57. The molecule has 1 saturated heterocycles. The minimum atomic E-state index is 0.825. The highest BCUT2D eigenvalue weighted by atomic mass is 15.2. The minimum Gasteiger partial charge on any atom is -0.315 e. The molecular weight excluding hydrogens is 172 g/mol. The van der Waals surface area contributed by atoms with E-state index in [-0.39, 0.29) is 0 Å². The number of likely N-dealkylation sites (tertiary alicyclic amines) is 1. The van der Waals surface area contributed by atoms with E-state index in [1.54, 1.807) is 0 Å². The molecule has 0 amide bonds. The molecule has 2 fully saturated rings. The number of nitrogens with zero attached hydrogens (tertiary/aromatic N) is 1. The standard InChI is InChI=1S/C12H24N2/c1-11-4-2-3-8-14(11)9-7-13-10-12-5-6-12/h11-13H,2-10H2,1H3. The molecular formula is C12H24N2. The molecule has 0 radical (unpaired) electrons. The van der Waals surface area contributed by atoms with E-state index in [1.807, 2.05) is 0 Å². The lowest BCUT2D eigenvalue weighted by Crippen LogP contribution is -2.41. The number of nitrogens with one attached hydrogen (secondary N) is 1. The Kier molecular flexibility index (Phi) is 3.82. The maximum absolute atomic E-state index is 3.57. The Morgan fingerprint density at radius 1 is 1.21 bits per heavy atom. The first-order chi connectivity index (χ1) is 6.86. The fourth-order valence-corrected chi connectivity index (χ4v) is 2.34. The van der Waals surface area contributed by atoms with Crippen molar-refractivity contribution < 1.29 is 0 Å². The zero-order valence-corrected chi connectivity index (χ0v) is 9.47. The lowest BCUT2D eigenvalue weighted by molar-refractivity contribution is 0.161. The second-order valence-corrected chi connectivity index (χ2v) is 5.03. The van der Waals surface area contributed by atoms with Crippen LogP contribution in [0, 0.1) is 5.92 Å². The molecule has 1 unspecified atom stereocenters. The molecule has 0 aromatic carbocycles. The Hall–Kier alpha value is -0.0800. The average Bonchev–Trinajstić information content (AvgIpc) is 2.99. The van der Waals surface area contributed by atoms with Crippen molar-refractivity contribution in [3.05, 3.63) is 0 Å². The van der Waals surface area contributed by atoms with E-state index >= 15 is 0 Å². The van der Waals surface area contributed by atoms with Gasteiger partial charge in [0.15, 0.2) is 0 Å². The van der Waals surface area contributed by atoms with Gasteiger partial charge in [0.05, 0.1) is 0 Å². The number of hydrogen-bond donors (Lipinski definition) is 1. The van der Waals surface area contributed by atoms with Crippen LogP contribution in [0.3, 0.4) is 0 Å². The third kappa shape index (κ3) is 3.25. The summed E-state index contributed by atoms with van der Waals surface area (Å²) in [5.41, 5.74) is 0. The van der Waals surface area contributed by atoms with Crippen LogP contribution in [0.2, 0.25) is 0 Å². The molecule has 1 aliphatic carbocycles. The quantitative estimate of drug-likeness (QED) is 0.675. The third-order valence-electron chi connectivity index (χ3n) is 3.65. The highest BCUT2D eigenvalue weighted by Crippen LogP contribution is 2.27. The van der Waals surface area contributed by atoms with Gasteiger partial charge in [0.1, 0.15) is 0 Å². The number of hydrogen-bond acceptors (Lipinski definition) is 2. The molecule has 1 N–H and O–H groups in total. The van der Waals surface area contributed by atoms with E-state index in [2.05, 4.69) is 17.1 Å². The molecule has 14 heavy (non-hydrogen) atoms. The van der Waals surface area contributed by atoms with Gasteiger partial charge in [0, 0.05) is 19.1 Å². The van der Waals surface area contributed by atoms with Gasteiger partial charge in [-0.3, -0.25) is 4.90 Å². The van der Waals surface area contributed by atoms with Crippen molar-refractivity contribution in [3.8, 4) is 0 Å². The molecule has 1 saturated carbocycles. The number of piperidine rings is 1. The molecule has 2 heteroatoms. The average molecular weight is 196 g/mol. The second kappa shape index (κ2) is 5.13. The van der Waals surface area contributed by atoms with Gasteiger partial charge in [-0.15, -0.1) is 0 Å². The van der Waals surface area contributed by atoms with Crippen LogP contribution < -0.4 is 5.32 Å². The molecule has 0 aromatic rings. The summed E-state index contributed by atoms with van der Waals surface area (Å²) in [5.74, 6) is 1.02. The first-order valence-corrected chi connectivity index (χ1v) is 6.31. The van der Waals surface area contributed by atoms with Gasteiger partial charge in [-0.05, 0) is 51.6 Å². The van der Waals surface area contributed by atoms with E-state index in [4.69, 9.17) is 0 Å². The van der Waals surface area contributed by atoms with E-state index in [9.17, 15) is 0 Å². The fourth-order valence-electron chi connectivity index (χ4n) is 2.34. The molecule has 1 aliphatic heterocycles. The normalized spacial score (nSPS) is 29.4. The predicted octanol–water partition coefficient (Wildman–Crippen LogP) is 1.86. The Morgan fingerprint density at radius 3 is 2.79 bits per heavy atom. The van der Waals surface area contributed by atoms with Gasteiger partial charge in [0.2, 0.25) is 0 Å².